The van der Waals surface area contributed by atoms with Crippen molar-refractivity contribution >= 4 is 117 Å². The van der Waals surface area contributed by atoms with E-state index in [4.69, 9.17) is 19.9 Å². The first-order valence-corrected chi connectivity index (χ1v) is 50.5. The van der Waals surface area contributed by atoms with Gasteiger partial charge >= 0.3 is 0 Å². The monoisotopic (exact) mass is 1490 g/mol. The second kappa shape index (κ2) is 23.0. The van der Waals surface area contributed by atoms with Crippen molar-refractivity contribution in [2.75, 3.05) is 0 Å². The van der Waals surface area contributed by atoms with Crippen LogP contribution in [0.25, 0.3) is 101 Å². The summed E-state index contributed by atoms with van der Waals surface area (Å²) in [6, 6.07) is 10.0. The number of fused-ring (bicyclic) bond motifs is 24. The predicted molar refractivity (Wildman–Crippen MR) is 465 cm³/mol. The van der Waals surface area contributed by atoms with Crippen molar-refractivity contribution in [3.05, 3.63) is 245 Å². The highest BCUT2D eigenvalue weighted by Gasteiger charge is 2.47. The summed E-state index contributed by atoms with van der Waals surface area (Å²) in [6.07, 6.45) is 63.7. The highest BCUT2D eigenvalue weighted by atomic mass is 28.3. The minimum atomic E-state index is -1.69. The lowest BCUT2D eigenvalue weighted by Crippen LogP contribution is -2.19. The Kier molecular flexibility index (Phi) is 13.3. The molecule has 6 aromatic rings. The maximum absolute atomic E-state index is 6.17. The van der Waals surface area contributed by atoms with Gasteiger partial charge in [-0.3, -0.25) is 0 Å². The van der Waals surface area contributed by atoms with Crippen LogP contribution in [0.1, 0.15) is 262 Å². The number of aromatic amines is 4. The van der Waals surface area contributed by atoms with Crippen LogP contribution in [0.2, 0.25) is 39.3 Å². The summed E-state index contributed by atoms with van der Waals surface area (Å²) in [5, 5.41) is 0. The molecule has 0 radical (unpaired) electrons. The molecule has 0 saturated carbocycles. The Hall–Kier alpha value is -9.85. The number of nitrogens with zero attached hydrogens (tertiary/aromatic N) is 4. The highest BCUT2D eigenvalue weighted by molar-refractivity contribution is 6.82. The van der Waals surface area contributed by atoms with Crippen molar-refractivity contribution in [1.82, 2.24) is 39.9 Å². The molecule has 0 aromatic carbocycles. The Labute approximate surface area is 658 Å². The molecule has 112 heavy (non-hydrogen) atoms. The molecule has 6 aromatic heterocycles. The SMILES string of the molecule is C[Si](C)(C)C=Cc1c2nc(cc3nc(c(C#CC#Cc4c5nc(cc6nc(c(C=C[Si](C)(C)C)c7[nH]c(cc8[nH]c4c4c8C8C=CC4CC8)c4c7C7C=CC4CC7)C4=C6C6C=CC4CC6)C4=C5C5C=CC4CC5)c4[nH]c(cc5[nH]c1c1c5C5C=CC1CC5)c1c4C4C=CC1CC4)C1=C3C3C=CC1CC3)C1=C2C2C=CC1CC2. The van der Waals surface area contributed by atoms with Gasteiger partial charge < -0.3 is 19.9 Å². The van der Waals surface area contributed by atoms with E-state index in [1.54, 1.807) is 0 Å². The van der Waals surface area contributed by atoms with Crippen LogP contribution >= 0.6 is 0 Å². The van der Waals surface area contributed by atoms with Gasteiger partial charge in [0.05, 0.1) is 94.9 Å². The molecule has 24 aliphatic carbocycles. The summed E-state index contributed by atoms with van der Waals surface area (Å²) in [5.74, 6) is 20.5. The Bertz CT molecular complexity index is 6110. The number of hydrogen-bond acceptors (Lipinski definition) is 4. The molecule has 0 amide bonds. The maximum atomic E-state index is 6.17. The largest absolute Gasteiger partial charge is 0.354 e. The van der Waals surface area contributed by atoms with E-state index in [1.807, 2.05) is 0 Å². The van der Waals surface area contributed by atoms with E-state index in [-0.39, 0.29) is 47.3 Å². The summed E-state index contributed by atoms with van der Waals surface area (Å²) < 4.78 is 0. The molecule has 16 atom stereocenters. The molecule has 8 nitrogen and oxygen atoms in total. The molecule has 10 heteroatoms. The number of aromatic nitrogens is 8. The summed E-state index contributed by atoms with van der Waals surface area (Å²) >= 11 is 0. The number of allylic oxidation sites excluding steroid dienone is 24. The molecule has 0 saturated heterocycles. The summed E-state index contributed by atoms with van der Waals surface area (Å²) in [7, 11) is -3.39. The molecule has 34 rings (SSSR count). The third-order valence-corrected chi connectivity index (χ3v) is 32.9. The van der Waals surface area contributed by atoms with Crippen LogP contribution in [0, 0.1) is 71.0 Å². The maximum Gasteiger partial charge on any atom is 0.0856 e. The van der Waals surface area contributed by atoms with Crippen molar-refractivity contribution < 1.29 is 0 Å². The van der Waals surface area contributed by atoms with Gasteiger partial charge in [0.1, 0.15) is 0 Å². The third-order valence-electron chi connectivity index (χ3n) is 30.6. The Morgan fingerprint density at radius 2 is 0.491 bits per heavy atom. The summed E-state index contributed by atoms with van der Waals surface area (Å²) in [4.78, 5) is 42.0. The van der Waals surface area contributed by atoms with Crippen LogP contribution in [0.4, 0.5) is 0 Å². The van der Waals surface area contributed by atoms with Crippen molar-refractivity contribution in [1.29, 1.82) is 0 Å². The lowest BCUT2D eigenvalue weighted by molar-refractivity contribution is 0.557. The van der Waals surface area contributed by atoms with Gasteiger partial charge in [-0.2, -0.15) is 0 Å². The van der Waals surface area contributed by atoms with E-state index < -0.39 is 16.1 Å². The number of rotatable bonds is 4. The van der Waals surface area contributed by atoms with E-state index in [0.29, 0.717) is 47.3 Å². The van der Waals surface area contributed by atoms with Gasteiger partial charge in [0, 0.05) is 128 Å². The zero-order valence-corrected chi connectivity index (χ0v) is 67.2. The molecule has 4 aliphatic heterocycles. The number of hydrogen-bond donors (Lipinski definition) is 4. The average molecular weight is 1490 g/mol. The van der Waals surface area contributed by atoms with Gasteiger partial charge in [-0.25, -0.2) is 19.9 Å². The van der Waals surface area contributed by atoms with Crippen molar-refractivity contribution in [2.24, 2.45) is 47.3 Å². The second-order valence-corrected chi connectivity index (χ2v) is 49.2. The van der Waals surface area contributed by atoms with Crippen LogP contribution in [0.5, 0.6) is 0 Å². The Balaban J connectivity index is 0.774. The zero-order chi connectivity index (χ0) is 73.8. The summed E-state index contributed by atoms with van der Waals surface area (Å²) in [6.45, 7) is 14.9. The number of nitrogens with one attached hydrogen (secondary N) is 4. The topological polar surface area (TPSA) is 115 Å². The smallest absolute Gasteiger partial charge is 0.0856 e. The Morgan fingerprint density at radius 1 is 0.268 bits per heavy atom. The minimum absolute atomic E-state index is 0.222. The van der Waals surface area contributed by atoms with Crippen LogP contribution in [0.3, 0.4) is 0 Å². The standard InChI is InChI=1S/C102H94N8Si2/c1-111(2,3)45-43-69-99-91-63-35-19-55(20-36-63)83(91)75(107-99)47-71-79-51-11-27-59(28-12-51)87(79)95(103-71)67(96-88-60-29-13-52(14-30-60)80(88)72(104-96)48-76-84-56-21-37-64(38-22-56)92(84)100(69)108-76)9-7-8-10-68-97-89-61-31-15-53(16-32-61)81(89)73(105-97)49-77-85-57-23-39-65(40-24-57)93(85)101(109-77)70(44-46-112(4,5)6)102-94-66-41-25-58(26-42-66)86(94)78(110-102)50-74-82-54-17-33-62(34-18-54)90(82)98(68)106-74/h11,13,15,17,19,21,23,25,27,29,31,33,35,37,39,41,43-66,103,105,107,109H,12,14,16,18,20,22,24,26,28,30,32,34,36,38,40,42H2,1-6H3. The van der Waals surface area contributed by atoms with E-state index in [2.05, 4.69) is 228 Å². The van der Waals surface area contributed by atoms with Crippen LogP contribution in [-0.2, 0) is 0 Å². The van der Waals surface area contributed by atoms with Gasteiger partial charge in [-0.15, -0.1) is 0 Å². The van der Waals surface area contributed by atoms with E-state index in [1.165, 1.54) is 158 Å². The first kappa shape index (κ1) is 64.6. The minimum Gasteiger partial charge on any atom is -0.354 e. The fourth-order valence-corrected chi connectivity index (χ4v) is 27.1. The Morgan fingerprint density at radius 3 is 0.759 bits per heavy atom. The van der Waals surface area contributed by atoms with Gasteiger partial charge in [0.15, 0.2) is 0 Å². The molecule has 16 unspecified atom stereocenters. The van der Waals surface area contributed by atoms with E-state index in [0.717, 1.165) is 146 Å². The second-order valence-electron chi connectivity index (χ2n) is 39.1. The van der Waals surface area contributed by atoms with Crippen molar-refractivity contribution in [3.63, 3.8) is 0 Å². The fourth-order valence-electron chi connectivity index (χ4n) is 25.8. The molecule has 0 spiro atoms. The van der Waals surface area contributed by atoms with Crippen LogP contribution < -0.4 is 0 Å². The first-order chi connectivity index (χ1) is 54.7. The van der Waals surface area contributed by atoms with Crippen molar-refractivity contribution in [3.8, 4) is 23.7 Å². The summed E-state index contributed by atoms with van der Waals surface area (Å²) in [5.41, 5.74) is 51.0. The van der Waals surface area contributed by atoms with Gasteiger partial charge in [0.25, 0.3) is 0 Å². The van der Waals surface area contributed by atoms with Gasteiger partial charge in [0.2, 0.25) is 0 Å². The normalized spacial score (nSPS) is 30.8. The van der Waals surface area contributed by atoms with Crippen LogP contribution in [-0.4, -0.2) is 56.0 Å². The number of H-pyrrole nitrogens is 4. The molecule has 32 bridgehead atoms. The van der Waals surface area contributed by atoms with Crippen LogP contribution in [0.15, 0.2) is 133 Å². The molecule has 10 heterocycles. The predicted octanol–water partition coefficient (Wildman–Crippen LogP) is 24.3. The highest BCUT2D eigenvalue weighted by Crippen LogP contribution is 2.62. The lowest BCUT2D eigenvalue weighted by atomic mass is 9.69. The average Bonchev–Trinajstić information content (AvgIpc) is 1.55. The molecule has 28 aliphatic rings. The lowest BCUT2D eigenvalue weighted by Gasteiger charge is -2.34. The quantitative estimate of drug-likeness (QED) is 0.0800. The van der Waals surface area contributed by atoms with Gasteiger partial charge in [-0.05, 0) is 240 Å². The molecular weight excluding hydrogens is 1390 g/mol. The van der Waals surface area contributed by atoms with E-state index in [9.17, 15) is 0 Å². The molecule has 0 fully saturated rings. The van der Waals surface area contributed by atoms with E-state index >= 15 is 0 Å². The molecule has 550 valence electrons. The fraction of sp³-hybridized carbons (Fsp3) is 0.373. The molecular formula is C102H94N8Si2. The first-order valence-electron chi connectivity index (χ1n) is 43.3. The molecule has 4 N–H and O–H groups in total. The zero-order valence-electron chi connectivity index (χ0n) is 65.2. The van der Waals surface area contributed by atoms with Gasteiger partial charge in [-0.1, -0.05) is 160 Å². The third kappa shape index (κ3) is 9.09. The van der Waals surface area contributed by atoms with Crippen molar-refractivity contribution in [2.45, 2.75) is 189 Å².